The number of amides is 1. The molecular formula is C18H19ClN2O2. The highest BCUT2D eigenvalue weighted by Gasteiger charge is 2.22. The summed E-state index contributed by atoms with van der Waals surface area (Å²) in [4.78, 5) is 16.5. The molecule has 4 nitrogen and oxygen atoms in total. The topological polar surface area (TPSA) is 43.8 Å². The van der Waals surface area contributed by atoms with Gasteiger partial charge in [-0.2, -0.15) is 0 Å². The molecule has 2 aromatic rings. The van der Waals surface area contributed by atoms with Crippen molar-refractivity contribution in [3.63, 3.8) is 0 Å². The first-order valence-electron chi connectivity index (χ1n) is 7.67. The second-order valence-corrected chi connectivity index (χ2v) is 5.99. The van der Waals surface area contributed by atoms with E-state index in [0.717, 1.165) is 29.9 Å². The van der Waals surface area contributed by atoms with Gasteiger partial charge in [-0.15, -0.1) is 0 Å². The number of aliphatic hydroxyl groups is 1. The summed E-state index contributed by atoms with van der Waals surface area (Å²) in [5.74, 6) is 0.0823. The minimum atomic E-state index is -0.0571. The van der Waals surface area contributed by atoms with Gasteiger partial charge in [0.1, 0.15) is 0 Å². The third-order valence-corrected chi connectivity index (χ3v) is 4.51. The van der Waals surface area contributed by atoms with Crippen molar-refractivity contribution in [2.75, 3.05) is 31.1 Å². The van der Waals surface area contributed by atoms with Gasteiger partial charge in [0.2, 0.25) is 0 Å². The quantitative estimate of drug-likeness (QED) is 0.941. The first-order valence-corrected chi connectivity index (χ1v) is 8.05. The summed E-state index contributed by atoms with van der Waals surface area (Å²) in [7, 11) is 0. The number of piperazine rings is 1. The van der Waals surface area contributed by atoms with E-state index in [4.69, 9.17) is 11.6 Å². The number of rotatable bonds is 3. The van der Waals surface area contributed by atoms with Gasteiger partial charge in [-0.1, -0.05) is 35.9 Å². The summed E-state index contributed by atoms with van der Waals surface area (Å²) in [6, 6.07) is 15.1. The van der Waals surface area contributed by atoms with E-state index < -0.39 is 0 Å². The van der Waals surface area contributed by atoms with E-state index in [1.165, 1.54) is 0 Å². The van der Waals surface area contributed by atoms with Gasteiger partial charge in [-0.05, 0) is 29.8 Å². The maximum absolute atomic E-state index is 12.4. The first kappa shape index (κ1) is 15.8. The van der Waals surface area contributed by atoms with Crippen molar-refractivity contribution in [1.82, 2.24) is 4.90 Å². The summed E-state index contributed by atoms with van der Waals surface area (Å²) in [6.45, 7) is 2.86. The molecule has 5 heteroatoms. The van der Waals surface area contributed by atoms with E-state index in [2.05, 4.69) is 4.90 Å². The van der Waals surface area contributed by atoms with Crippen LogP contribution in [-0.2, 0) is 6.61 Å². The lowest BCUT2D eigenvalue weighted by molar-refractivity contribution is 0.0747. The van der Waals surface area contributed by atoms with Crippen LogP contribution in [0.25, 0.3) is 0 Å². The molecular weight excluding hydrogens is 312 g/mol. The van der Waals surface area contributed by atoms with Crippen molar-refractivity contribution < 1.29 is 9.90 Å². The minimum absolute atomic E-state index is 0.0571. The lowest BCUT2D eigenvalue weighted by Gasteiger charge is -2.36. The molecule has 1 fully saturated rings. The first-order chi connectivity index (χ1) is 11.2. The highest BCUT2D eigenvalue weighted by molar-refractivity contribution is 6.31. The van der Waals surface area contributed by atoms with E-state index in [-0.39, 0.29) is 12.5 Å². The predicted octanol–water partition coefficient (Wildman–Crippen LogP) is 2.79. The van der Waals surface area contributed by atoms with Crippen molar-refractivity contribution in [2.24, 2.45) is 0 Å². The molecule has 0 unspecified atom stereocenters. The van der Waals surface area contributed by atoms with Crippen molar-refractivity contribution in [2.45, 2.75) is 6.61 Å². The zero-order valence-electron chi connectivity index (χ0n) is 12.8. The molecule has 1 heterocycles. The van der Waals surface area contributed by atoms with E-state index in [1.54, 1.807) is 0 Å². The second-order valence-electron chi connectivity index (χ2n) is 5.58. The van der Waals surface area contributed by atoms with Crippen LogP contribution in [0.3, 0.4) is 0 Å². The maximum Gasteiger partial charge on any atom is 0.253 e. The molecule has 2 aromatic carbocycles. The van der Waals surface area contributed by atoms with Crippen molar-refractivity contribution >= 4 is 23.2 Å². The molecule has 1 aliphatic heterocycles. The molecule has 0 aliphatic carbocycles. The Hall–Kier alpha value is -2.04. The molecule has 0 spiro atoms. The number of benzene rings is 2. The molecule has 1 amide bonds. The maximum atomic E-state index is 12.4. The fourth-order valence-corrected chi connectivity index (χ4v) is 3.03. The zero-order chi connectivity index (χ0) is 16.2. The standard InChI is InChI=1S/C18H19ClN2O2/c19-17-12-16(7-6-15(17)13-22)20-8-10-21(11-9-20)18(23)14-4-2-1-3-5-14/h1-7,12,22H,8-11,13H2. The number of hydrogen-bond donors (Lipinski definition) is 1. The molecule has 23 heavy (non-hydrogen) atoms. The van der Waals surface area contributed by atoms with Crippen LogP contribution in [0.2, 0.25) is 5.02 Å². The fourth-order valence-electron chi connectivity index (χ4n) is 2.79. The Morgan fingerprint density at radius 2 is 1.74 bits per heavy atom. The van der Waals surface area contributed by atoms with Crippen LogP contribution in [-0.4, -0.2) is 42.1 Å². The van der Waals surface area contributed by atoms with Gasteiger partial charge in [0, 0.05) is 42.5 Å². The third-order valence-electron chi connectivity index (χ3n) is 4.16. The van der Waals surface area contributed by atoms with E-state index >= 15 is 0 Å². The van der Waals surface area contributed by atoms with Gasteiger partial charge in [-0.3, -0.25) is 4.79 Å². The minimum Gasteiger partial charge on any atom is -0.392 e. The smallest absolute Gasteiger partial charge is 0.253 e. The number of nitrogens with zero attached hydrogens (tertiary/aromatic N) is 2. The van der Waals surface area contributed by atoms with Crippen LogP contribution >= 0.6 is 11.6 Å². The van der Waals surface area contributed by atoms with Gasteiger partial charge in [0.15, 0.2) is 0 Å². The second kappa shape index (κ2) is 7.02. The molecule has 0 aromatic heterocycles. The summed E-state index contributed by atoms with van der Waals surface area (Å²) >= 11 is 6.16. The molecule has 0 saturated carbocycles. The van der Waals surface area contributed by atoms with E-state index in [1.807, 2.05) is 53.4 Å². The summed E-state index contributed by atoms with van der Waals surface area (Å²) in [5.41, 5.74) is 2.49. The number of halogens is 1. The number of carbonyl (C=O) groups is 1. The highest BCUT2D eigenvalue weighted by atomic mass is 35.5. The summed E-state index contributed by atoms with van der Waals surface area (Å²) < 4.78 is 0. The summed E-state index contributed by atoms with van der Waals surface area (Å²) in [5, 5.41) is 9.76. The van der Waals surface area contributed by atoms with Crippen LogP contribution in [0.4, 0.5) is 5.69 Å². The number of hydrogen-bond acceptors (Lipinski definition) is 3. The number of carbonyl (C=O) groups excluding carboxylic acids is 1. The van der Waals surface area contributed by atoms with Gasteiger partial charge < -0.3 is 14.9 Å². The Morgan fingerprint density at radius 1 is 1.04 bits per heavy atom. The largest absolute Gasteiger partial charge is 0.392 e. The Bertz CT molecular complexity index is 683. The van der Waals surface area contributed by atoms with Crippen molar-refractivity contribution in [3.8, 4) is 0 Å². The zero-order valence-corrected chi connectivity index (χ0v) is 13.5. The Balaban J connectivity index is 1.64. The summed E-state index contributed by atoms with van der Waals surface area (Å²) in [6.07, 6.45) is 0. The molecule has 1 aliphatic rings. The van der Waals surface area contributed by atoms with Crippen LogP contribution < -0.4 is 4.90 Å². The molecule has 0 bridgehead atoms. The van der Waals surface area contributed by atoms with Crippen LogP contribution in [0, 0.1) is 0 Å². The molecule has 1 saturated heterocycles. The van der Waals surface area contributed by atoms with E-state index in [9.17, 15) is 9.90 Å². The Labute approximate surface area is 140 Å². The Kier molecular flexibility index (Phi) is 4.84. The number of aliphatic hydroxyl groups excluding tert-OH is 1. The van der Waals surface area contributed by atoms with Gasteiger partial charge in [0.05, 0.1) is 6.61 Å². The van der Waals surface area contributed by atoms with Gasteiger partial charge in [-0.25, -0.2) is 0 Å². The Morgan fingerprint density at radius 3 is 2.35 bits per heavy atom. The van der Waals surface area contributed by atoms with Crippen molar-refractivity contribution in [1.29, 1.82) is 0 Å². The van der Waals surface area contributed by atoms with Gasteiger partial charge in [0.25, 0.3) is 5.91 Å². The normalized spacial score (nSPS) is 14.9. The van der Waals surface area contributed by atoms with E-state index in [0.29, 0.717) is 18.1 Å². The van der Waals surface area contributed by atoms with Crippen LogP contribution in [0.5, 0.6) is 0 Å². The molecule has 0 radical (unpaired) electrons. The lowest BCUT2D eigenvalue weighted by atomic mass is 10.1. The average Bonchev–Trinajstić information content (AvgIpc) is 2.62. The predicted molar refractivity (Wildman–Crippen MR) is 91.9 cm³/mol. The average molecular weight is 331 g/mol. The van der Waals surface area contributed by atoms with Crippen LogP contribution in [0.1, 0.15) is 15.9 Å². The molecule has 1 N–H and O–H groups in total. The third kappa shape index (κ3) is 3.49. The SMILES string of the molecule is O=C(c1ccccc1)N1CCN(c2ccc(CO)c(Cl)c2)CC1. The molecule has 3 rings (SSSR count). The molecule has 120 valence electrons. The highest BCUT2D eigenvalue weighted by Crippen LogP contribution is 2.25. The monoisotopic (exact) mass is 330 g/mol. The van der Waals surface area contributed by atoms with Gasteiger partial charge >= 0.3 is 0 Å². The lowest BCUT2D eigenvalue weighted by Crippen LogP contribution is -2.48. The van der Waals surface area contributed by atoms with Crippen LogP contribution in [0.15, 0.2) is 48.5 Å². The molecule has 0 atom stereocenters. The fraction of sp³-hybridized carbons (Fsp3) is 0.278. The van der Waals surface area contributed by atoms with Crippen molar-refractivity contribution in [3.05, 3.63) is 64.7 Å². The number of anilines is 1.